The first-order valence-electron chi connectivity index (χ1n) is 5.63. The average molecular weight is 251 g/mol. The maximum atomic E-state index is 8.87. The van der Waals surface area contributed by atoms with Crippen LogP contribution in [0.5, 0.6) is 11.5 Å². The Morgan fingerprint density at radius 1 is 1.39 bits per heavy atom. The molecular formula is C12H17N3O3. The number of hydrogen-bond donors (Lipinski definition) is 1. The minimum absolute atomic E-state index is 0.0593. The van der Waals surface area contributed by atoms with Crippen LogP contribution in [-0.2, 0) is 0 Å². The van der Waals surface area contributed by atoms with E-state index in [2.05, 4.69) is 10.0 Å². The van der Waals surface area contributed by atoms with Gasteiger partial charge in [0, 0.05) is 17.1 Å². The average Bonchev–Trinajstić information content (AvgIpc) is 2.42. The SMILES string of the molecule is COc1ccc(OC)c(C(CCCO)N=[N+]=[N-])c1. The Morgan fingerprint density at radius 3 is 2.72 bits per heavy atom. The van der Waals surface area contributed by atoms with E-state index in [0.29, 0.717) is 24.3 Å². The highest BCUT2D eigenvalue weighted by atomic mass is 16.5. The molecule has 1 aromatic rings. The highest BCUT2D eigenvalue weighted by molar-refractivity contribution is 5.42. The van der Waals surface area contributed by atoms with Gasteiger partial charge < -0.3 is 14.6 Å². The zero-order chi connectivity index (χ0) is 13.4. The molecule has 0 saturated carbocycles. The van der Waals surface area contributed by atoms with Gasteiger partial charge in [-0.3, -0.25) is 0 Å². The van der Waals surface area contributed by atoms with Gasteiger partial charge in [0.1, 0.15) is 11.5 Å². The van der Waals surface area contributed by atoms with Crippen LogP contribution < -0.4 is 9.47 Å². The number of ether oxygens (including phenoxy) is 2. The number of benzene rings is 1. The van der Waals surface area contributed by atoms with Gasteiger partial charge in [0.25, 0.3) is 0 Å². The summed E-state index contributed by atoms with van der Waals surface area (Å²) >= 11 is 0. The van der Waals surface area contributed by atoms with Crippen molar-refractivity contribution in [2.45, 2.75) is 18.9 Å². The zero-order valence-corrected chi connectivity index (χ0v) is 10.5. The quantitative estimate of drug-likeness (QED) is 0.459. The summed E-state index contributed by atoms with van der Waals surface area (Å²) in [5, 5.41) is 12.6. The first-order chi connectivity index (χ1) is 8.76. The molecular weight excluding hydrogens is 234 g/mol. The van der Waals surface area contributed by atoms with E-state index in [1.54, 1.807) is 32.4 Å². The lowest BCUT2D eigenvalue weighted by atomic mass is 10.0. The van der Waals surface area contributed by atoms with Crippen LogP contribution in [0.25, 0.3) is 10.4 Å². The first kappa shape index (κ1) is 14.2. The van der Waals surface area contributed by atoms with E-state index in [-0.39, 0.29) is 12.6 Å². The van der Waals surface area contributed by atoms with E-state index < -0.39 is 0 Å². The fourth-order valence-electron chi connectivity index (χ4n) is 1.72. The van der Waals surface area contributed by atoms with Gasteiger partial charge in [-0.2, -0.15) is 0 Å². The van der Waals surface area contributed by atoms with Crippen LogP contribution in [-0.4, -0.2) is 25.9 Å². The smallest absolute Gasteiger partial charge is 0.122 e. The maximum Gasteiger partial charge on any atom is 0.122 e. The van der Waals surface area contributed by atoms with Crippen molar-refractivity contribution in [3.63, 3.8) is 0 Å². The number of aliphatic hydroxyl groups excluding tert-OH is 1. The minimum atomic E-state index is -0.368. The van der Waals surface area contributed by atoms with Crippen molar-refractivity contribution in [2.24, 2.45) is 5.11 Å². The number of azide groups is 1. The van der Waals surface area contributed by atoms with Crippen LogP contribution in [0, 0.1) is 0 Å². The lowest BCUT2D eigenvalue weighted by molar-refractivity contribution is 0.279. The van der Waals surface area contributed by atoms with Crippen molar-refractivity contribution in [1.82, 2.24) is 0 Å². The molecule has 1 aromatic carbocycles. The molecule has 6 nitrogen and oxygen atoms in total. The van der Waals surface area contributed by atoms with Gasteiger partial charge in [-0.15, -0.1) is 0 Å². The van der Waals surface area contributed by atoms with E-state index in [4.69, 9.17) is 20.1 Å². The molecule has 0 radical (unpaired) electrons. The van der Waals surface area contributed by atoms with E-state index in [0.717, 1.165) is 5.56 Å². The first-order valence-corrected chi connectivity index (χ1v) is 5.63. The molecule has 0 heterocycles. The second-order valence-corrected chi connectivity index (χ2v) is 3.69. The van der Waals surface area contributed by atoms with Crippen molar-refractivity contribution in [1.29, 1.82) is 0 Å². The van der Waals surface area contributed by atoms with Gasteiger partial charge in [0.15, 0.2) is 0 Å². The second kappa shape index (κ2) is 7.42. The predicted octanol–water partition coefficient (Wildman–Crippen LogP) is 2.83. The molecule has 1 rings (SSSR count). The number of hydrogen-bond acceptors (Lipinski definition) is 4. The van der Waals surface area contributed by atoms with Crippen LogP contribution >= 0.6 is 0 Å². The lowest BCUT2D eigenvalue weighted by Gasteiger charge is -2.16. The summed E-state index contributed by atoms with van der Waals surface area (Å²) in [5.74, 6) is 1.32. The molecule has 1 atom stereocenters. The van der Waals surface area contributed by atoms with Crippen LogP contribution in [0.2, 0.25) is 0 Å². The molecule has 1 N–H and O–H groups in total. The number of methoxy groups -OCH3 is 2. The summed E-state index contributed by atoms with van der Waals surface area (Å²) in [5.41, 5.74) is 9.38. The Kier molecular flexibility index (Phi) is 5.84. The van der Waals surface area contributed by atoms with Crippen LogP contribution in [0.3, 0.4) is 0 Å². The van der Waals surface area contributed by atoms with Crippen molar-refractivity contribution in [2.75, 3.05) is 20.8 Å². The molecule has 6 heteroatoms. The molecule has 0 saturated heterocycles. The van der Waals surface area contributed by atoms with Crippen molar-refractivity contribution in [3.8, 4) is 11.5 Å². The fraction of sp³-hybridized carbons (Fsp3) is 0.500. The van der Waals surface area contributed by atoms with E-state index in [1.165, 1.54) is 0 Å². The summed E-state index contributed by atoms with van der Waals surface area (Å²) in [6.07, 6.45) is 1.12. The molecule has 0 aliphatic carbocycles. The van der Waals surface area contributed by atoms with Gasteiger partial charge in [-0.25, -0.2) is 0 Å². The van der Waals surface area contributed by atoms with E-state index in [1.807, 2.05) is 0 Å². The van der Waals surface area contributed by atoms with Crippen LogP contribution in [0.1, 0.15) is 24.4 Å². The summed E-state index contributed by atoms with van der Waals surface area (Å²) < 4.78 is 10.4. The summed E-state index contributed by atoms with van der Waals surface area (Å²) in [6, 6.07) is 4.97. The molecule has 0 fully saturated rings. The van der Waals surface area contributed by atoms with Gasteiger partial charge >= 0.3 is 0 Å². The van der Waals surface area contributed by atoms with Crippen molar-refractivity contribution >= 4 is 0 Å². The van der Waals surface area contributed by atoms with Crippen LogP contribution in [0.15, 0.2) is 23.3 Å². The molecule has 18 heavy (non-hydrogen) atoms. The molecule has 0 aromatic heterocycles. The molecule has 0 bridgehead atoms. The third-order valence-corrected chi connectivity index (χ3v) is 2.62. The minimum Gasteiger partial charge on any atom is -0.497 e. The fourth-order valence-corrected chi connectivity index (χ4v) is 1.72. The zero-order valence-electron chi connectivity index (χ0n) is 10.5. The van der Waals surface area contributed by atoms with E-state index in [9.17, 15) is 0 Å². The molecule has 0 spiro atoms. The molecule has 0 aliphatic heterocycles. The van der Waals surface area contributed by atoms with E-state index >= 15 is 0 Å². The maximum absolute atomic E-state index is 8.87. The molecule has 98 valence electrons. The standard InChI is InChI=1S/C12H17N3O3/c1-17-9-5-6-12(18-2)10(8-9)11(14-15-13)4-3-7-16/h5-6,8,11,16H,3-4,7H2,1-2H3. The molecule has 0 amide bonds. The topological polar surface area (TPSA) is 87.5 Å². The third kappa shape index (κ3) is 3.55. The third-order valence-electron chi connectivity index (χ3n) is 2.62. The van der Waals surface area contributed by atoms with Gasteiger partial charge in [-0.05, 0) is 36.6 Å². The Bertz CT molecular complexity index is 431. The van der Waals surface area contributed by atoms with Gasteiger partial charge in [0.2, 0.25) is 0 Å². The van der Waals surface area contributed by atoms with Crippen LogP contribution in [0.4, 0.5) is 0 Å². The van der Waals surface area contributed by atoms with Gasteiger partial charge in [0.05, 0.1) is 20.3 Å². The number of nitrogens with zero attached hydrogens (tertiary/aromatic N) is 3. The molecule has 1 unspecified atom stereocenters. The van der Waals surface area contributed by atoms with Gasteiger partial charge in [-0.1, -0.05) is 5.11 Å². The Hall–Kier alpha value is -1.91. The van der Waals surface area contributed by atoms with Crippen molar-refractivity contribution < 1.29 is 14.6 Å². The number of rotatable bonds is 7. The monoisotopic (exact) mass is 251 g/mol. The number of aliphatic hydroxyl groups is 1. The summed E-state index contributed by atoms with van der Waals surface area (Å²) in [7, 11) is 3.13. The highest BCUT2D eigenvalue weighted by Gasteiger charge is 2.15. The van der Waals surface area contributed by atoms with Crippen molar-refractivity contribution in [3.05, 3.63) is 34.2 Å². The highest BCUT2D eigenvalue weighted by Crippen LogP contribution is 2.34. The second-order valence-electron chi connectivity index (χ2n) is 3.69. The summed E-state index contributed by atoms with van der Waals surface area (Å²) in [6.45, 7) is 0.0593. The Balaban J connectivity index is 3.10. The lowest BCUT2D eigenvalue weighted by Crippen LogP contribution is -2.01. The summed E-state index contributed by atoms with van der Waals surface area (Å²) in [4.78, 5) is 2.84. The largest absolute Gasteiger partial charge is 0.497 e. The normalized spacial score (nSPS) is 11.5. The Labute approximate surface area is 106 Å². The Morgan fingerprint density at radius 2 is 2.17 bits per heavy atom. The molecule has 0 aliphatic rings. The predicted molar refractivity (Wildman–Crippen MR) is 67.8 cm³/mol.